The van der Waals surface area contributed by atoms with Crippen molar-refractivity contribution in [2.45, 2.75) is 51.0 Å². The van der Waals surface area contributed by atoms with Crippen molar-refractivity contribution >= 4 is 16.6 Å². The molecule has 0 bridgehead atoms. The summed E-state index contributed by atoms with van der Waals surface area (Å²) in [4.78, 5) is 8.54. The number of aromatic nitrogens is 1. The Bertz CT molecular complexity index is 1020. The van der Waals surface area contributed by atoms with Crippen molar-refractivity contribution in [3.05, 3.63) is 54.2 Å². The monoisotopic (exact) mass is 447 g/mol. The number of unbranched alkanes of at least 4 members (excludes halogenated alkanes) is 1. The molecule has 1 aromatic heterocycles. The van der Waals surface area contributed by atoms with Crippen LogP contribution in [0.4, 0.5) is 5.69 Å². The lowest BCUT2D eigenvalue weighted by atomic mass is 10.1. The SMILES string of the molecule is COc1ccc(N2CCN(CCCCc3c[nH]c4ccc(OC5CCCC5)cc34)CC2)cc1. The fourth-order valence-electron chi connectivity index (χ4n) is 5.31. The predicted molar refractivity (Wildman–Crippen MR) is 136 cm³/mol. The fraction of sp³-hybridized carbons (Fsp3) is 0.500. The lowest BCUT2D eigenvalue weighted by molar-refractivity contribution is 0.210. The molecule has 5 heteroatoms. The molecule has 3 aromatic rings. The van der Waals surface area contributed by atoms with E-state index in [4.69, 9.17) is 9.47 Å². The lowest BCUT2D eigenvalue weighted by Gasteiger charge is -2.36. The zero-order valence-corrected chi connectivity index (χ0v) is 19.9. The van der Waals surface area contributed by atoms with Gasteiger partial charge in [-0.3, -0.25) is 4.90 Å². The van der Waals surface area contributed by atoms with Gasteiger partial charge in [0.15, 0.2) is 0 Å². The molecule has 2 fully saturated rings. The smallest absolute Gasteiger partial charge is 0.120 e. The third kappa shape index (κ3) is 5.47. The second-order valence-corrected chi connectivity index (χ2v) is 9.53. The van der Waals surface area contributed by atoms with Crippen LogP contribution in [0.5, 0.6) is 11.5 Å². The number of H-pyrrole nitrogens is 1. The van der Waals surface area contributed by atoms with Crippen molar-refractivity contribution < 1.29 is 9.47 Å². The highest BCUT2D eigenvalue weighted by molar-refractivity contribution is 5.84. The van der Waals surface area contributed by atoms with Gasteiger partial charge in [0.25, 0.3) is 0 Å². The molecule has 1 saturated heterocycles. The maximum absolute atomic E-state index is 6.23. The molecule has 0 atom stereocenters. The standard InChI is InChI=1S/C28H37N3O2/c1-32-24-11-9-23(10-12-24)31-18-16-30(17-19-31)15-5-4-6-22-21-29-28-14-13-26(20-27(22)28)33-25-7-2-3-8-25/h9-14,20-21,25,29H,2-8,15-19H2,1H3. The molecule has 1 aliphatic heterocycles. The number of aryl methyl sites for hydroxylation is 1. The number of hydrogen-bond donors (Lipinski definition) is 1. The van der Waals surface area contributed by atoms with E-state index in [-0.39, 0.29) is 0 Å². The van der Waals surface area contributed by atoms with Gasteiger partial charge < -0.3 is 19.4 Å². The van der Waals surface area contributed by atoms with Crippen LogP contribution < -0.4 is 14.4 Å². The van der Waals surface area contributed by atoms with Gasteiger partial charge in [0.2, 0.25) is 0 Å². The number of fused-ring (bicyclic) bond motifs is 1. The van der Waals surface area contributed by atoms with Gasteiger partial charge in [-0.2, -0.15) is 0 Å². The molecule has 2 aliphatic rings. The summed E-state index contributed by atoms with van der Waals surface area (Å²) < 4.78 is 11.5. The summed E-state index contributed by atoms with van der Waals surface area (Å²) in [6.45, 7) is 5.66. The summed E-state index contributed by atoms with van der Waals surface area (Å²) in [7, 11) is 1.72. The van der Waals surface area contributed by atoms with E-state index < -0.39 is 0 Å². The number of nitrogens with zero attached hydrogens (tertiary/aromatic N) is 2. The van der Waals surface area contributed by atoms with Gasteiger partial charge in [0, 0.05) is 49.0 Å². The van der Waals surface area contributed by atoms with E-state index in [9.17, 15) is 0 Å². The highest BCUT2D eigenvalue weighted by atomic mass is 16.5. The maximum atomic E-state index is 6.23. The van der Waals surface area contributed by atoms with Crippen molar-refractivity contribution in [1.82, 2.24) is 9.88 Å². The molecule has 0 spiro atoms. The van der Waals surface area contributed by atoms with E-state index >= 15 is 0 Å². The van der Waals surface area contributed by atoms with Gasteiger partial charge in [0.1, 0.15) is 11.5 Å². The van der Waals surface area contributed by atoms with Gasteiger partial charge in [-0.05, 0) is 99.5 Å². The number of rotatable bonds is 9. The molecule has 0 unspecified atom stereocenters. The van der Waals surface area contributed by atoms with Crippen molar-refractivity contribution in [3.63, 3.8) is 0 Å². The molecular formula is C28H37N3O2. The molecule has 33 heavy (non-hydrogen) atoms. The molecule has 2 aromatic carbocycles. The van der Waals surface area contributed by atoms with E-state index in [1.807, 2.05) is 0 Å². The summed E-state index contributed by atoms with van der Waals surface area (Å²) >= 11 is 0. The molecule has 5 rings (SSSR count). The highest BCUT2D eigenvalue weighted by Crippen LogP contribution is 2.29. The molecule has 0 amide bonds. The van der Waals surface area contributed by atoms with Crippen molar-refractivity contribution in [3.8, 4) is 11.5 Å². The largest absolute Gasteiger partial charge is 0.497 e. The van der Waals surface area contributed by atoms with Crippen LogP contribution in [0.1, 0.15) is 44.1 Å². The van der Waals surface area contributed by atoms with Crippen LogP contribution in [0.15, 0.2) is 48.7 Å². The van der Waals surface area contributed by atoms with Crippen LogP contribution in [-0.4, -0.2) is 55.8 Å². The first-order chi connectivity index (χ1) is 16.3. The summed E-state index contributed by atoms with van der Waals surface area (Å²) in [5.74, 6) is 1.95. The minimum Gasteiger partial charge on any atom is -0.497 e. The third-order valence-electron chi connectivity index (χ3n) is 7.32. The number of methoxy groups -OCH3 is 1. The van der Waals surface area contributed by atoms with Gasteiger partial charge in [-0.1, -0.05) is 0 Å². The number of anilines is 1. The Morgan fingerprint density at radius 1 is 0.909 bits per heavy atom. The molecule has 5 nitrogen and oxygen atoms in total. The number of benzene rings is 2. The van der Waals surface area contributed by atoms with Crippen LogP contribution in [-0.2, 0) is 6.42 Å². The van der Waals surface area contributed by atoms with Crippen molar-refractivity contribution in [1.29, 1.82) is 0 Å². The summed E-state index contributed by atoms with van der Waals surface area (Å²) in [6.07, 6.45) is 11.2. The molecule has 0 radical (unpaired) electrons. The summed E-state index contributed by atoms with van der Waals surface area (Å²) in [5.41, 5.74) is 3.94. The number of piperazine rings is 1. The molecule has 2 heterocycles. The molecule has 1 N–H and O–H groups in total. The van der Waals surface area contributed by atoms with Crippen molar-refractivity contribution in [2.75, 3.05) is 44.7 Å². The Kier molecular flexibility index (Phi) is 7.06. The third-order valence-corrected chi connectivity index (χ3v) is 7.32. The minimum absolute atomic E-state index is 0.412. The number of ether oxygens (including phenoxy) is 2. The molecule has 176 valence electrons. The number of hydrogen-bond acceptors (Lipinski definition) is 4. The van der Waals surface area contributed by atoms with E-state index in [2.05, 4.69) is 63.4 Å². The van der Waals surface area contributed by atoms with E-state index in [1.165, 1.54) is 67.2 Å². The number of nitrogens with one attached hydrogen (secondary N) is 1. The minimum atomic E-state index is 0.412. The first-order valence-corrected chi connectivity index (χ1v) is 12.7. The first kappa shape index (κ1) is 22.1. The summed E-state index contributed by atoms with van der Waals surface area (Å²) in [6, 6.07) is 15.0. The average Bonchev–Trinajstić information content (AvgIpc) is 3.52. The number of aromatic amines is 1. The Hall–Kier alpha value is -2.66. The fourth-order valence-corrected chi connectivity index (χ4v) is 5.31. The van der Waals surface area contributed by atoms with Crippen molar-refractivity contribution in [2.24, 2.45) is 0 Å². The van der Waals surface area contributed by atoms with Crippen LogP contribution in [0.25, 0.3) is 10.9 Å². The van der Waals surface area contributed by atoms with Crippen LogP contribution in [0.2, 0.25) is 0 Å². The maximum Gasteiger partial charge on any atom is 0.120 e. The Morgan fingerprint density at radius 2 is 1.67 bits per heavy atom. The average molecular weight is 448 g/mol. The van der Waals surface area contributed by atoms with Crippen LogP contribution in [0.3, 0.4) is 0 Å². The quantitative estimate of drug-likeness (QED) is 0.431. The molecular weight excluding hydrogens is 410 g/mol. The summed E-state index contributed by atoms with van der Waals surface area (Å²) in [5, 5.41) is 1.33. The zero-order chi connectivity index (χ0) is 22.5. The van der Waals surface area contributed by atoms with Gasteiger partial charge in [-0.25, -0.2) is 0 Å². The van der Waals surface area contributed by atoms with E-state index in [1.54, 1.807) is 7.11 Å². The second kappa shape index (κ2) is 10.5. The van der Waals surface area contributed by atoms with Crippen LogP contribution in [0, 0.1) is 0 Å². The molecule has 1 aliphatic carbocycles. The predicted octanol–water partition coefficient (Wildman–Crippen LogP) is 5.64. The highest BCUT2D eigenvalue weighted by Gasteiger charge is 2.18. The van der Waals surface area contributed by atoms with Gasteiger partial charge in [-0.15, -0.1) is 0 Å². The Morgan fingerprint density at radius 3 is 2.42 bits per heavy atom. The zero-order valence-electron chi connectivity index (χ0n) is 19.9. The normalized spacial score (nSPS) is 17.7. The van der Waals surface area contributed by atoms with Gasteiger partial charge >= 0.3 is 0 Å². The first-order valence-electron chi connectivity index (χ1n) is 12.7. The Labute approximate surface area is 197 Å². The lowest BCUT2D eigenvalue weighted by Crippen LogP contribution is -2.46. The van der Waals surface area contributed by atoms with E-state index in [0.29, 0.717) is 6.10 Å². The topological polar surface area (TPSA) is 40.7 Å². The van der Waals surface area contributed by atoms with Crippen LogP contribution >= 0.6 is 0 Å². The van der Waals surface area contributed by atoms with E-state index in [0.717, 1.165) is 44.1 Å². The Balaban J connectivity index is 1.07. The van der Waals surface area contributed by atoms with Gasteiger partial charge in [0.05, 0.1) is 13.2 Å². The molecule has 1 saturated carbocycles. The second-order valence-electron chi connectivity index (χ2n) is 9.53.